The normalized spacial score (nSPS) is 11.0. The highest BCUT2D eigenvalue weighted by atomic mass is 16.1. The Labute approximate surface area is 125 Å². The van der Waals surface area contributed by atoms with Crippen molar-refractivity contribution in [1.29, 1.82) is 0 Å². The number of imidazole rings is 1. The van der Waals surface area contributed by atoms with Gasteiger partial charge in [-0.1, -0.05) is 19.1 Å². The standard InChI is InChI=1S/C16H24N4O/c1-3-9-17-10-11-18-15(21)8-7-14-19-13-6-4-5-12(2)16(13)20-14/h4-6,17H,3,7-11H2,1-2H3,(H,18,21)(H,19,20). The van der Waals surface area contributed by atoms with Crippen molar-refractivity contribution in [3.05, 3.63) is 29.6 Å². The van der Waals surface area contributed by atoms with E-state index < -0.39 is 0 Å². The summed E-state index contributed by atoms with van der Waals surface area (Å²) in [5.41, 5.74) is 3.19. The minimum Gasteiger partial charge on any atom is -0.355 e. The predicted molar refractivity (Wildman–Crippen MR) is 85.3 cm³/mol. The first-order valence-corrected chi connectivity index (χ1v) is 7.62. The molecule has 1 aromatic heterocycles. The summed E-state index contributed by atoms with van der Waals surface area (Å²) in [5, 5.41) is 6.17. The molecule has 0 aliphatic rings. The number of amides is 1. The molecule has 0 saturated carbocycles. The van der Waals surface area contributed by atoms with Gasteiger partial charge in [0.25, 0.3) is 0 Å². The summed E-state index contributed by atoms with van der Waals surface area (Å²) in [6.45, 7) is 6.67. The van der Waals surface area contributed by atoms with Crippen LogP contribution in [0.5, 0.6) is 0 Å². The highest BCUT2D eigenvalue weighted by Crippen LogP contribution is 2.15. The maximum atomic E-state index is 11.8. The molecule has 2 rings (SSSR count). The number of nitrogens with one attached hydrogen (secondary N) is 3. The number of hydrogen-bond donors (Lipinski definition) is 3. The fourth-order valence-corrected chi connectivity index (χ4v) is 2.26. The number of carbonyl (C=O) groups excluding carboxylic acids is 1. The molecule has 1 aromatic carbocycles. The molecule has 0 radical (unpaired) electrons. The lowest BCUT2D eigenvalue weighted by molar-refractivity contribution is -0.121. The zero-order valence-corrected chi connectivity index (χ0v) is 12.8. The lowest BCUT2D eigenvalue weighted by Gasteiger charge is -2.05. The van der Waals surface area contributed by atoms with Gasteiger partial charge in [0.1, 0.15) is 5.82 Å². The molecule has 0 aliphatic heterocycles. The monoisotopic (exact) mass is 288 g/mol. The van der Waals surface area contributed by atoms with Gasteiger partial charge in [-0.05, 0) is 31.5 Å². The van der Waals surface area contributed by atoms with E-state index in [0.717, 1.165) is 41.9 Å². The van der Waals surface area contributed by atoms with Crippen molar-refractivity contribution in [2.24, 2.45) is 0 Å². The van der Waals surface area contributed by atoms with Gasteiger partial charge in [-0.3, -0.25) is 4.79 Å². The number of carbonyl (C=O) groups is 1. The molecule has 2 aromatic rings. The van der Waals surface area contributed by atoms with E-state index in [1.54, 1.807) is 0 Å². The van der Waals surface area contributed by atoms with Crippen molar-refractivity contribution in [2.45, 2.75) is 33.1 Å². The molecule has 21 heavy (non-hydrogen) atoms. The summed E-state index contributed by atoms with van der Waals surface area (Å²) in [5.74, 6) is 0.948. The molecule has 0 aliphatic carbocycles. The van der Waals surface area contributed by atoms with E-state index in [2.05, 4.69) is 27.5 Å². The molecule has 1 amide bonds. The summed E-state index contributed by atoms with van der Waals surface area (Å²) >= 11 is 0. The van der Waals surface area contributed by atoms with Crippen LogP contribution in [0.3, 0.4) is 0 Å². The molecular formula is C16H24N4O. The zero-order chi connectivity index (χ0) is 15.1. The Morgan fingerprint density at radius 3 is 2.90 bits per heavy atom. The van der Waals surface area contributed by atoms with Gasteiger partial charge in [-0.25, -0.2) is 4.98 Å². The number of benzene rings is 1. The van der Waals surface area contributed by atoms with Gasteiger partial charge in [0.15, 0.2) is 0 Å². The van der Waals surface area contributed by atoms with Gasteiger partial charge in [0.05, 0.1) is 11.0 Å². The Morgan fingerprint density at radius 1 is 1.29 bits per heavy atom. The van der Waals surface area contributed by atoms with Crippen LogP contribution < -0.4 is 10.6 Å². The van der Waals surface area contributed by atoms with Crippen molar-refractivity contribution < 1.29 is 4.79 Å². The Kier molecular flexibility index (Phi) is 5.75. The summed E-state index contributed by atoms with van der Waals surface area (Å²) in [4.78, 5) is 19.6. The molecule has 0 unspecified atom stereocenters. The molecule has 0 fully saturated rings. The molecule has 5 heteroatoms. The summed E-state index contributed by atoms with van der Waals surface area (Å²) < 4.78 is 0. The van der Waals surface area contributed by atoms with Crippen molar-refractivity contribution >= 4 is 16.9 Å². The van der Waals surface area contributed by atoms with Crippen LogP contribution >= 0.6 is 0 Å². The fourth-order valence-electron chi connectivity index (χ4n) is 2.26. The molecule has 3 N–H and O–H groups in total. The average Bonchev–Trinajstić information content (AvgIpc) is 2.89. The van der Waals surface area contributed by atoms with Crippen molar-refractivity contribution in [1.82, 2.24) is 20.6 Å². The van der Waals surface area contributed by atoms with Crippen molar-refractivity contribution in [3.8, 4) is 0 Å². The second kappa shape index (κ2) is 7.78. The van der Waals surface area contributed by atoms with E-state index in [1.165, 1.54) is 0 Å². The van der Waals surface area contributed by atoms with E-state index >= 15 is 0 Å². The number of para-hydroxylation sites is 1. The molecule has 0 saturated heterocycles. The number of rotatable bonds is 8. The largest absolute Gasteiger partial charge is 0.355 e. The summed E-state index contributed by atoms with van der Waals surface area (Å²) in [6, 6.07) is 6.07. The number of H-pyrrole nitrogens is 1. The van der Waals surface area contributed by atoms with Crippen LogP contribution in [-0.4, -0.2) is 35.5 Å². The van der Waals surface area contributed by atoms with Crippen molar-refractivity contribution in [3.63, 3.8) is 0 Å². The van der Waals surface area contributed by atoms with E-state index in [4.69, 9.17) is 0 Å². The second-order valence-electron chi connectivity index (χ2n) is 5.25. The van der Waals surface area contributed by atoms with Crippen LogP contribution in [0.15, 0.2) is 18.2 Å². The van der Waals surface area contributed by atoms with E-state index in [-0.39, 0.29) is 5.91 Å². The van der Waals surface area contributed by atoms with Crippen LogP contribution in [0.4, 0.5) is 0 Å². The first-order chi connectivity index (χ1) is 10.2. The maximum absolute atomic E-state index is 11.8. The van der Waals surface area contributed by atoms with Crippen molar-refractivity contribution in [2.75, 3.05) is 19.6 Å². The summed E-state index contributed by atoms with van der Waals surface area (Å²) in [7, 11) is 0. The maximum Gasteiger partial charge on any atom is 0.220 e. The quantitative estimate of drug-likeness (QED) is 0.650. The predicted octanol–water partition coefficient (Wildman–Crippen LogP) is 1.92. The SMILES string of the molecule is CCCNCCNC(=O)CCc1nc2c(C)cccc2[nH]1. The van der Waals surface area contributed by atoms with Gasteiger partial charge >= 0.3 is 0 Å². The minimum absolute atomic E-state index is 0.0745. The first kappa shape index (κ1) is 15.5. The average molecular weight is 288 g/mol. The Hall–Kier alpha value is -1.88. The van der Waals surface area contributed by atoms with E-state index in [9.17, 15) is 4.79 Å². The third-order valence-corrected chi connectivity index (χ3v) is 3.40. The number of fused-ring (bicyclic) bond motifs is 1. The molecule has 114 valence electrons. The number of aromatic amines is 1. The van der Waals surface area contributed by atoms with Gasteiger partial charge in [0, 0.05) is 25.9 Å². The highest BCUT2D eigenvalue weighted by Gasteiger charge is 2.07. The number of aromatic nitrogens is 2. The minimum atomic E-state index is 0.0745. The molecule has 5 nitrogen and oxygen atoms in total. The lowest BCUT2D eigenvalue weighted by Crippen LogP contribution is -2.32. The summed E-state index contributed by atoms with van der Waals surface area (Å²) in [6.07, 6.45) is 2.22. The van der Waals surface area contributed by atoms with Crippen LogP contribution in [0.1, 0.15) is 31.2 Å². The van der Waals surface area contributed by atoms with Gasteiger partial charge in [-0.2, -0.15) is 0 Å². The van der Waals surface area contributed by atoms with Crippen LogP contribution in [0.25, 0.3) is 11.0 Å². The Balaban J connectivity index is 1.76. The number of hydrogen-bond acceptors (Lipinski definition) is 3. The van der Waals surface area contributed by atoms with Crippen LogP contribution in [-0.2, 0) is 11.2 Å². The Morgan fingerprint density at radius 2 is 2.14 bits per heavy atom. The highest BCUT2D eigenvalue weighted by molar-refractivity contribution is 5.79. The van der Waals surface area contributed by atoms with E-state index in [1.807, 2.05) is 25.1 Å². The fraction of sp³-hybridized carbons (Fsp3) is 0.500. The molecule has 1 heterocycles. The van der Waals surface area contributed by atoms with Crippen LogP contribution in [0, 0.1) is 6.92 Å². The third kappa shape index (κ3) is 4.56. The van der Waals surface area contributed by atoms with Crippen LogP contribution in [0.2, 0.25) is 0 Å². The Bertz CT molecular complexity index is 591. The number of nitrogens with zero attached hydrogens (tertiary/aromatic N) is 1. The number of aryl methyl sites for hydroxylation is 2. The first-order valence-electron chi connectivity index (χ1n) is 7.62. The third-order valence-electron chi connectivity index (χ3n) is 3.40. The molecule has 0 spiro atoms. The zero-order valence-electron chi connectivity index (χ0n) is 12.8. The molecule has 0 bridgehead atoms. The molecular weight excluding hydrogens is 264 g/mol. The topological polar surface area (TPSA) is 69.8 Å². The van der Waals surface area contributed by atoms with Gasteiger partial charge < -0.3 is 15.6 Å². The van der Waals surface area contributed by atoms with Gasteiger partial charge in [-0.15, -0.1) is 0 Å². The smallest absolute Gasteiger partial charge is 0.220 e. The molecule has 0 atom stereocenters. The van der Waals surface area contributed by atoms with E-state index in [0.29, 0.717) is 19.4 Å². The second-order valence-corrected chi connectivity index (χ2v) is 5.25. The van der Waals surface area contributed by atoms with Gasteiger partial charge in [0.2, 0.25) is 5.91 Å². The lowest BCUT2D eigenvalue weighted by atomic mass is 10.2.